The Labute approximate surface area is 91.3 Å². The predicted octanol–water partition coefficient (Wildman–Crippen LogP) is 1.50. The zero-order chi connectivity index (χ0) is 11.3. The molecule has 4 nitrogen and oxygen atoms in total. The van der Waals surface area contributed by atoms with E-state index < -0.39 is 0 Å². The fourth-order valence-corrected chi connectivity index (χ4v) is 1.60. The predicted molar refractivity (Wildman–Crippen MR) is 60.7 cm³/mol. The fraction of sp³-hybridized carbons (Fsp3) is 0.727. The average Bonchev–Trinajstić information content (AvgIpc) is 2.68. The molecular formula is C11H21N3O. The highest BCUT2D eigenvalue weighted by Gasteiger charge is 2.15. The van der Waals surface area contributed by atoms with E-state index in [1.165, 1.54) is 0 Å². The summed E-state index contributed by atoms with van der Waals surface area (Å²) in [6, 6.07) is 0.370. The number of nitrogens with zero attached hydrogens (tertiary/aromatic N) is 2. The van der Waals surface area contributed by atoms with Crippen molar-refractivity contribution in [2.24, 2.45) is 0 Å². The molecule has 1 atom stereocenters. The van der Waals surface area contributed by atoms with E-state index in [4.69, 9.17) is 0 Å². The first-order valence-corrected chi connectivity index (χ1v) is 5.56. The van der Waals surface area contributed by atoms with Gasteiger partial charge in [-0.1, -0.05) is 6.92 Å². The van der Waals surface area contributed by atoms with Crippen molar-refractivity contribution in [1.82, 2.24) is 14.9 Å². The minimum Gasteiger partial charge on any atom is -0.394 e. The Morgan fingerprint density at radius 2 is 2.27 bits per heavy atom. The van der Waals surface area contributed by atoms with Gasteiger partial charge in [0.1, 0.15) is 0 Å². The van der Waals surface area contributed by atoms with Gasteiger partial charge < -0.3 is 15.0 Å². The van der Waals surface area contributed by atoms with Gasteiger partial charge in [-0.15, -0.1) is 0 Å². The van der Waals surface area contributed by atoms with Crippen LogP contribution in [0.1, 0.15) is 45.0 Å². The Hall–Kier alpha value is -0.870. The highest BCUT2D eigenvalue weighted by atomic mass is 16.3. The quantitative estimate of drug-likeness (QED) is 0.749. The van der Waals surface area contributed by atoms with Gasteiger partial charge in [-0.3, -0.25) is 0 Å². The molecule has 0 aromatic carbocycles. The largest absolute Gasteiger partial charge is 0.394 e. The fourth-order valence-electron chi connectivity index (χ4n) is 1.60. The third kappa shape index (κ3) is 3.04. The molecule has 1 aromatic heterocycles. The second kappa shape index (κ2) is 5.88. The molecule has 1 heterocycles. The number of aliphatic hydroxyl groups is 1. The van der Waals surface area contributed by atoms with E-state index in [0.29, 0.717) is 6.04 Å². The van der Waals surface area contributed by atoms with Crippen molar-refractivity contribution in [2.75, 3.05) is 13.2 Å². The van der Waals surface area contributed by atoms with Gasteiger partial charge in [-0.2, -0.15) is 0 Å². The van der Waals surface area contributed by atoms with Gasteiger partial charge in [0.15, 0.2) is 0 Å². The van der Waals surface area contributed by atoms with E-state index in [0.717, 1.165) is 18.7 Å². The Morgan fingerprint density at radius 1 is 1.53 bits per heavy atom. The maximum atomic E-state index is 9.33. The molecule has 0 spiro atoms. The smallest absolute Gasteiger partial charge is 0.0951 e. The van der Waals surface area contributed by atoms with Crippen molar-refractivity contribution in [3.05, 3.63) is 18.2 Å². The standard InChI is InChI=1S/C11H21N3O/c1-4-5-13-10(7-15)11-6-12-8-14(11)9(2)3/h6,8-10,13,15H,4-5,7H2,1-3H3. The van der Waals surface area contributed by atoms with E-state index in [1.54, 1.807) is 0 Å². The van der Waals surface area contributed by atoms with E-state index in [1.807, 2.05) is 12.5 Å². The van der Waals surface area contributed by atoms with Gasteiger partial charge in [0, 0.05) is 12.2 Å². The van der Waals surface area contributed by atoms with Crippen LogP contribution in [0, 0.1) is 0 Å². The molecule has 4 heteroatoms. The molecule has 0 aliphatic rings. The number of aromatic nitrogens is 2. The van der Waals surface area contributed by atoms with E-state index >= 15 is 0 Å². The normalized spacial score (nSPS) is 13.4. The minimum absolute atomic E-state index is 0.00477. The SMILES string of the molecule is CCCNC(CO)c1cncn1C(C)C. The average molecular weight is 211 g/mol. The highest BCUT2D eigenvalue weighted by molar-refractivity contribution is 5.06. The number of hydrogen-bond donors (Lipinski definition) is 2. The van der Waals surface area contributed by atoms with Crippen LogP contribution in [-0.2, 0) is 0 Å². The molecule has 0 aliphatic carbocycles. The minimum atomic E-state index is -0.00477. The van der Waals surface area contributed by atoms with E-state index in [2.05, 4.69) is 35.6 Å². The van der Waals surface area contributed by atoms with Crippen LogP contribution in [0.2, 0.25) is 0 Å². The summed E-state index contributed by atoms with van der Waals surface area (Å²) in [5.74, 6) is 0. The molecule has 0 radical (unpaired) electrons. The van der Waals surface area contributed by atoms with Gasteiger partial charge in [-0.25, -0.2) is 4.98 Å². The molecule has 0 aliphatic heterocycles. The summed E-state index contributed by atoms with van der Waals surface area (Å²) in [6.07, 6.45) is 4.70. The van der Waals surface area contributed by atoms with Crippen molar-refractivity contribution in [2.45, 2.75) is 39.3 Å². The molecule has 0 amide bonds. The summed E-state index contributed by atoms with van der Waals surface area (Å²) in [5, 5.41) is 12.6. The number of rotatable bonds is 6. The van der Waals surface area contributed by atoms with E-state index in [9.17, 15) is 5.11 Å². The van der Waals surface area contributed by atoms with Crippen LogP contribution in [0.25, 0.3) is 0 Å². The zero-order valence-corrected chi connectivity index (χ0v) is 9.77. The van der Waals surface area contributed by atoms with Gasteiger partial charge >= 0.3 is 0 Å². The molecule has 15 heavy (non-hydrogen) atoms. The molecule has 1 unspecified atom stereocenters. The third-order valence-electron chi connectivity index (χ3n) is 2.43. The van der Waals surface area contributed by atoms with Crippen LogP contribution in [-0.4, -0.2) is 27.8 Å². The van der Waals surface area contributed by atoms with Crippen molar-refractivity contribution in [3.8, 4) is 0 Å². The number of hydrogen-bond acceptors (Lipinski definition) is 3. The Kier molecular flexibility index (Phi) is 4.78. The lowest BCUT2D eigenvalue weighted by molar-refractivity contribution is 0.238. The van der Waals surface area contributed by atoms with Crippen LogP contribution in [0.4, 0.5) is 0 Å². The summed E-state index contributed by atoms with van der Waals surface area (Å²) >= 11 is 0. The second-order valence-electron chi connectivity index (χ2n) is 4.01. The van der Waals surface area contributed by atoms with Crippen LogP contribution < -0.4 is 5.32 Å². The van der Waals surface area contributed by atoms with Crippen LogP contribution in [0.5, 0.6) is 0 Å². The van der Waals surface area contributed by atoms with E-state index in [-0.39, 0.29) is 12.6 Å². The first-order valence-electron chi connectivity index (χ1n) is 5.56. The lowest BCUT2D eigenvalue weighted by Crippen LogP contribution is -2.27. The first-order chi connectivity index (χ1) is 7.20. The Morgan fingerprint density at radius 3 is 2.80 bits per heavy atom. The molecule has 0 saturated carbocycles. The van der Waals surface area contributed by atoms with Crippen molar-refractivity contribution < 1.29 is 5.11 Å². The van der Waals surface area contributed by atoms with Gasteiger partial charge in [0.2, 0.25) is 0 Å². The van der Waals surface area contributed by atoms with Gasteiger partial charge in [-0.05, 0) is 26.8 Å². The lowest BCUT2D eigenvalue weighted by atomic mass is 10.2. The highest BCUT2D eigenvalue weighted by Crippen LogP contribution is 2.16. The Bertz CT molecular complexity index is 283. The molecule has 1 aromatic rings. The topological polar surface area (TPSA) is 50.1 Å². The summed E-state index contributed by atoms with van der Waals surface area (Å²) in [6.45, 7) is 7.35. The molecule has 2 N–H and O–H groups in total. The number of nitrogens with one attached hydrogen (secondary N) is 1. The van der Waals surface area contributed by atoms with Crippen LogP contribution in [0.15, 0.2) is 12.5 Å². The zero-order valence-electron chi connectivity index (χ0n) is 9.77. The maximum absolute atomic E-state index is 9.33. The second-order valence-corrected chi connectivity index (χ2v) is 4.01. The van der Waals surface area contributed by atoms with Gasteiger partial charge in [0.25, 0.3) is 0 Å². The van der Waals surface area contributed by atoms with Crippen molar-refractivity contribution in [1.29, 1.82) is 0 Å². The molecular weight excluding hydrogens is 190 g/mol. The van der Waals surface area contributed by atoms with Crippen LogP contribution in [0.3, 0.4) is 0 Å². The number of imidazole rings is 1. The monoisotopic (exact) mass is 211 g/mol. The summed E-state index contributed by atoms with van der Waals surface area (Å²) < 4.78 is 2.09. The number of aliphatic hydroxyl groups excluding tert-OH is 1. The molecule has 86 valence electrons. The molecule has 1 rings (SSSR count). The summed E-state index contributed by atoms with van der Waals surface area (Å²) in [4.78, 5) is 4.13. The van der Waals surface area contributed by atoms with Crippen LogP contribution >= 0.6 is 0 Å². The summed E-state index contributed by atoms with van der Waals surface area (Å²) in [7, 11) is 0. The molecule has 0 fully saturated rings. The van der Waals surface area contributed by atoms with Gasteiger partial charge in [0.05, 0.1) is 24.7 Å². The maximum Gasteiger partial charge on any atom is 0.0951 e. The summed E-state index contributed by atoms with van der Waals surface area (Å²) in [5.41, 5.74) is 1.06. The molecule has 0 saturated heterocycles. The van der Waals surface area contributed by atoms with Crippen molar-refractivity contribution in [3.63, 3.8) is 0 Å². The first kappa shape index (κ1) is 12.2. The lowest BCUT2D eigenvalue weighted by Gasteiger charge is -2.19. The Balaban J connectivity index is 2.76. The van der Waals surface area contributed by atoms with Crippen molar-refractivity contribution >= 4 is 0 Å². The molecule has 0 bridgehead atoms. The third-order valence-corrected chi connectivity index (χ3v) is 2.43.